The zero-order chi connectivity index (χ0) is 93.3. The number of hydrogen-bond donors (Lipinski definition) is 0. The predicted molar refractivity (Wildman–Crippen MR) is 583 cm³/mol. The van der Waals surface area contributed by atoms with Crippen molar-refractivity contribution < 1.29 is 13.3 Å². The first-order valence-corrected chi connectivity index (χ1v) is 49.8. The number of benzene rings is 18. The molecule has 0 aliphatic heterocycles. The number of anilines is 9. The summed E-state index contributed by atoms with van der Waals surface area (Å²) in [6, 6.07) is 140. The number of rotatable bonds is 9. The van der Waals surface area contributed by atoms with Crippen LogP contribution in [0.5, 0.6) is 0 Å². The van der Waals surface area contributed by atoms with Crippen molar-refractivity contribution in [1.29, 1.82) is 0 Å². The number of fused-ring (bicyclic) bond motifs is 29. The quantitative estimate of drug-likeness (QED) is 0.144. The fourth-order valence-corrected chi connectivity index (χ4v) is 25.9. The number of nitrogens with zero attached hydrogens (tertiary/aromatic N) is 3. The van der Waals surface area contributed by atoms with E-state index in [9.17, 15) is 0 Å². The normalized spacial score (nSPS) is 15.5. The van der Waals surface area contributed by atoms with E-state index in [1.807, 2.05) is 22.7 Å². The van der Waals surface area contributed by atoms with Gasteiger partial charge in [-0.2, -0.15) is 0 Å². The average molecular weight is 1810 g/mol. The molecule has 4 aliphatic rings. The Morgan fingerprint density at radius 2 is 0.511 bits per heavy atom. The van der Waals surface area contributed by atoms with Crippen LogP contribution in [-0.4, -0.2) is 0 Å². The third kappa shape index (κ3) is 12.6. The summed E-state index contributed by atoms with van der Waals surface area (Å²) in [6.07, 6.45) is 0. The molecule has 0 unspecified atom stereocenters. The highest BCUT2D eigenvalue weighted by molar-refractivity contribution is 7.26. The van der Waals surface area contributed by atoms with Crippen molar-refractivity contribution in [3.05, 3.63) is 427 Å². The molecule has 18 aromatic carbocycles. The zero-order valence-corrected chi connectivity index (χ0v) is 81.4. The highest BCUT2D eigenvalue weighted by Crippen LogP contribution is 2.62. The van der Waals surface area contributed by atoms with Crippen molar-refractivity contribution in [2.45, 2.75) is 135 Å². The second-order valence-electron chi connectivity index (χ2n) is 41.8. The molecule has 5 heterocycles. The molecule has 0 spiro atoms. The van der Waals surface area contributed by atoms with Gasteiger partial charge in [-0.25, -0.2) is 0 Å². The van der Waals surface area contributed by atoms with Crippen molar-refractivity contribution in [3.63, 3.8) is 0 Å². The Morgan fingerprint density at radius 3 is 1.04 bits per heavy atom. The summed E-state index contributed by atoms with van der Waals surface area (Å²) >= 11 is 3.71. The smallest absolute Gasteiger partial charge is 0.136 e. The fraction of sp³-hybridized carbons (Fsp3) is 0.163. The molecule has 27 rings (SSSR count). The first kappa shape index (κ1) is 84.0. The third-order valence-corrected chi connectivity index (χ3v) is 35.3. The van der Waals surface area contributed by atoms with Crippen molar-refractivity contribution in [2.75, 3.05) is 14.7 Å². The van der Waals surface area contributed by atoms with Gasteiger partial charge in [0.1, 0.15) is 33.5 Å². The molecule has 0 bridgehead atoms. The molecule has 137 heavy (non-hydrogen) atoms. The van der Waals surface area contributed by atoms with Gasteiger partial charge in [-0.05, 0) is 292 Å². The molecular weight excluding hydrogens is 1700 g/mol. The summed E-state index contributed by atoms with van der Waals surface area (Å²) in [6.45, 7) is 33.3. The first-order chi connectivity index (χ1) is 66.2. The van der Waals surface area contributed by atoms with Gasteiger partial charge < -0.3 is 28.0 Å². The van der Waals surface area contributed by atoms with Crippen molar-refractivity contribution in [1.82, 2.24) is 0 Å². The lowest BCUT2D eigenvalue weighted by atomic mass is 9.55. The van der Waals surface area contributed by atoms with E-state index in [-0.39, 0.29) is 37.9 Å². The molecule has 0 saturated carbocycles. The summed E-state index contributed by atoms with van der Waals surface area (Å²) in [7, 11) is 0. The average Bonchev–Trinajstić information content (AvgIpc) is 1.20. The van der Waals surface area contributed by atoms with Crippen LogP contribution in [0.1, 0.15) is 141 Å². The van der Waals surface area contributed by atoms with Crippen LogP contribution in [0.3, 0.4) is 0 Å². The lowest BCUT2D eigenvalue weighted by Crippen LogP contribution is -2.43. The maximum atomic E-state index is 6.60. The minimum absolute atomic E-state index is 0.0193. The van der Waals surface area contributed by atoms with Crippen molar-refractivity contribution in [2.24, 2.45) is 0 Å². The van der Waals surface area contributed by atoms with Gasteiger partial charge in [0.15, 0.2) is 0 Å². The Labute approximate surface area is 808 Å². The van der Waals surface area contributed by atoms with Crippen LogP contribution in [-0.2, 0) is 37.9 Å². The van der Waals surface area contributed by atoms with Gasteiger partial charge in [0, 0.05) is 135 Å². The van der Waals surface area contributed by atoms with Crippen LogP contribution in [0.4, 0.5) is 51.2 Å². The molecule has 5 aromatic heterocycles. The largest absolute Gasteiger partial charge is 0.456 e. The molecule has 0 amide bonds. The molecule has 0 fully saturated rings. The zero-order valence-electron chi connectivity index (χ0n) is 79.8. The van der Waals surface area contributed by atoms with Gasteiger partial charge in [-0.3, -0.25) is 0 Å². The number of furan rings is 3. The van der Waals surface area contributed by atoms with Gasteiger partial charge in [0.2, 0.25) is 0 Å². The van der Waals surface area contributed by atoms with Crippen LogP contribution in [0.15, 0.2) is 395 Å². The van der Waals surface area contributed by atoms with Crippen LogP contribution in [0.25, 0.3) is 151 Å². The van der Waals surface area contributed by atoms with E-state index in [0.29, 0.717) is 0 Å². The molecule has 0 radical (unpaired) electrons. The summed E-state index contributed by atoms with van der Waals surface area (Å²) in [5.74, 6) is 0. The molecule has 8 heteroatoms. The lowest BCUT2D eigenvalue weighted by molar-refractivity contribution is 0.299. The highest BCUT2D eigenvalue weighted by atomic mass is 32.1. The highest BCUT2D eigenvalue weighted by Gasteiger charge is 2.50. The molecular formula is C129H105N3O3S2. The van der Waals surface area contributed by atoms with Crippen LogP contribution < -0.4 is 14.7 Å². The summed E-state index contributed by atoms with van der Waals surface area (Å²) < 4.78 is 25.0. The SMILES string of the molecule is CC1(C)c2ccccc2-c2cc3c(cc2C1(C)C)oc1ccc(N(c2ccccc2)c2ccc4sc5ccccc5c4c2)cc13.CC1(C)c2ccccc2-c2ccc(N(c3ccccc3)c3ccc4oc5ccc6c(c5c4c3)-c3ccccc3C(C)(C)C6(C)C)cc21.CC1(C)c2ccccc2-c2ccc3oc4ccc(N(c5ccccc5)c5ccc6sc7ccccc7c6c5)cc4c3c2C1(C)C. The second kappa shape index (κ2) is 30.6. The monoisotopic (exact) mass is 1810 g/mol. The summed E-state index contributed by atoms with van der Waals surface area (Å²) in [4.78, 5) is 7.14. The van der Waals surface area contributed by atoms with Crippen LogP contribution >= 0.6 is 22.7 Å². The van der Waals surface area contributed by atoms with E-state index in [1.54, 1.807) is 0 Å². The third-order valence-electron chi connectivity index (χ3n) is 33.0. The molecule has 666 valence electrons. The topological polar surface area (TPSA) is 49.1 Å². The summed E-state index contributed by atoms with van der Waals surface area (Å²) in [5.41, 5.74) is 36.8. The maximum absolute atomic E-state index is 6.60. The Kier molecular flexibility index (Phi) is 18.8. The maximum Gasteiger partial charge on any atom is 0.136 e. The number of thiophene rings is 2. The van der Waals surface area contributed by atoms with E-state index in [2.05, 4.69) is 494 Å². The number of hydrogen-bond acceptors (Lipinski definition) is 8. The molecule has 0 saturated heterocycles. The predicted octanol–water partition coefficient (Wildman–Crippen LogP) is 37.9. The van der Waals surface area contributed by atoms with E-state index in [1.165, 1.54) is 140 Å². The Hall–Kier alpha value is -14.8. The molecule has 6 nitrogen and oxygen atoms in total. The molecule has 4 aliphatic carbocycles. The first-order valence-electron chi connectivity index (χ1n) is 48.2. The van der Waals surface area contributed by atoms with Gasteiger partial charge in [-0.1, -0.05) is 303 Å². The molecule has 0 atom stereocenters. The van der Waals surface area contributed by atoms with Gasteiger partial charge in [0.25, 0.3) is 0 Å². The van der Waals surface area contributed by atoms with Gasteiger partial charge in [-0.15, -0.1) is 22.7 Å². The van der Waals surface area contributed by atoms with Crippen molar-refractivity contribution in [3.8, 4) is 44.5 Å². The van der Waals surface area contributed by atoms with E-state index >= 15 is 0 Å². The lowest BCUT2D eigenvalue weighted by Gasteiger charge is -2.48. The van der Waals surface area contributed by atoms with Crippen LogP contribution in [0, 0.1) is 0 Å². The summed E-state index contributed by atoms with van der Waals surface area (Å²) in [5, 5.41) is 12.2. The minimum atomic E-state index is -0.132. The van der Waals surface area contributed by atoms with E-state index in [4.69, 9.17) is 13.3 Å². The minimum Gasteiger partial charge on any atom is -0.456 e. The number of para-hydroxylation sites is 3. The van der Waals surface area contributed by atoms with Crippen LogP contribution in [0.2, 0.25) is 0 Å². The van der Waals surface area contributed by atoms with Crippen molar-refractivity contribution >= 4 is 180 Å². The second-order valence-corrected chi connectivity index (χ2v) is 44.0. The van der Waals surface area contributed by atoms with Gasteiger partial charge in [0.05, 0.1) is 0 Å². The Bertz CT molecular complexity index is 8870. The standard InChI is InChI=1S/C45H39NO.2C42H33NOS/c1-43(2)35-18-12-10-16-31(35)32-22-20-30(27-38(32)43)46(28-14-8-7-9-15-28)29-21-24-39-34(26-29)42-40(47-39)25-23-37-41(42)33-17-11-13-19-36(33)44(3,4)45(37,5)6;1-41(2)34-16-10-8-14-29(34)31-20-22-36-39(40(31)42(41,3)4)33-25-27(18-21-35(33)44-36)43(26-12-6-5-7-13-26)28-19-23-38-32(24-28)30-15-9-11-17-37(30)45-38;1-41(2)35-16-10-8-14-29(35)31-24-33-32-22-27(18-20-37(32)44-38(33)25-36(31)42(41,3)4)43(26-12-6-5-7-13-26)28-19-21-40-34(23-28)30-15-9-11-17-39(30)45-40/h7-27H,1-6H3;2*5-25H,1-4H3. The molecule has 0 N–H and O–H groups in total. The van der Waals surface area contributed by atoms with Gasteiger partial charge >= 0.3 is 0 Å². The molecule has 23 aromatic rings. The Morgan fingerprint density at radius 1 is 0.182 bits per heavy atom. The van der Waals surface area contributed by atoms with E-state index < -0.39 is 0 Å². The fourth-order valence-electron chi connectivity index (χ4n) is 23.7. The van der Waals surface area contributed by atoms with E-state index in [0.717, 1.165) is 106 Å². The Balaban J connectivity index is 0.000000109.